The largest absolute Gasteiger partial charge is 0.491 e. The minimum absolute atomic E-state index is 0.208. The third-order valence-electron chi connectivity index (χ3n) is 4.63. The molecule has 0 amide bonds. The molecule has 1 aromatic carbocycles. The molecule has 1 N–H and O–H groups in total. The predicted molar refractivity (Wildman–Crippen MR) is 86.7 cm³/mol. The van der Waals surface area contributed by atoms with Crippen LogP contribution in [0.25, 0.3) is 0 Å². The molecule has 0 aliphatic carbocycles. The summed E-state index contributed by atoms with van der Waals surface area (Å²) < 4.78 is 11.7. The first kappa shape index (κ1) is 16.3. The summed E-state index contributed by atoms with van der Waals surface area (Å²) in [6, 6.07) is 8.78. The molecular weight excluding hydrogens is 262 g/mol. The number of hydrogen-bond acceptors (Lipinski definition) is 3. The van der Waals surface area contributed by atoms with Crippen molar-refractivity contribution in [2.24, 2.45) is 11.8 Å². The summed E-state index contributed by atoms with van der Waals surface area (Å²) in [5.74, 6) is 1.96. The molecule has 0 aromatic heterocycles. The van der Waals surface area contributed by atoms with Gasteiger partial charge in [-0.3, -0.25) is 0 Å². The zero-order valence-electron chi connectivity index (χ0n) is 14.1. The van der Waals surface area contributed by atoms with E-state index in [1.165, 1.54) is 5.56 Å². The Bertz CT molecular complexity index is 443. The molecule has 1 heterocycles. The first-order chi connectivity index (χ1) is 9.93. The Morgan fingerprint density at radius 2 is 1.67 bits per heavy atom. The van der Waals surface area contributed by atoms with Crippen LogP contribution in [0.1, 0.15) is 46.2 Å². The highest BCUT2D eigenvalue weighted by atomic mass is 16.5. The van der Waals surface area contributed by atoms with E-state index < -0.39 is 0 Å². The van der Waals surface area contributed by atoms with Crippen molar-refractivity contribution in [3.05, 3.63) is 29.8 Å². The molecule has 3 nitrogen and oxygen atoms in total. The van der Waals surface area contributed by atoms with Gasteiger partial charge in [-0.1, -0.05) is 19.1 Å². The summed E-state index contributed by atoms with van der Waals surface area (Å²) in [4.78, 5) is 0. The fraction of sp³-hybridized carbons (Fsp3) is 0.667. The third kappa shape index (κ3) is 3.58. The average molecular weight is 291 g/mol. The quantitative estimate of drug-likeness (QED) is 0.895. The van der Waals surface area contributed by atoms with Crippen LogP contribution in [0.5, 0.6) is 5.75 Å². The molecule has 1 aromatic rings. The minimum atomic E-state index is 0.208. The predicted octanol–water partition coefficient (Wildman–Crippen LogP) is 3.79. The summed E-state index contributed by atoms with van der Waals surface area (Å²) in [5, 5.41) is 3.48. The van der Waals surface area contributed by atoms with Gasteiger partial charge in [0.1, 0.15) is 5.75 Å². The zero-order chi connectivity index (χ0) is 15.6. The molecular formula is C18H29NO2. The number of nitrogens with one attached hydrogen (secondary N) is 1. The van der Waals surface area contributed by atoms with Crippen LogP contribution in [-0.4, -0.2) is 25.4 Å². The maximum atomic E-state index is 6.00. The summed E-state index contributed by atoms with van der Waals surface area (Å²) in [7, 11) is 2.03. The van der Waals surface area contributed by atoms with Crippen LogP contribution in [0.15, 0.2) is 24.3 Å². The highest BCUT2D eigenvalue weighted by Gasteiger charge is 2.41. The molecule has 0 saturated carbocycles. The van der Waals surface area contributed by atoms with E-state index in [0.29, 0.717) is 24.0 Å². The standard InChI is InChI=1S/C18H29NO2/c1-11(2)20-16-9-7-15(8-10-16)18(19-6)17-12(3)13(4)21-14(17)5/h7-14,17-19H,1-6H3. The van der Waals surface area contributed by atoms with Crippen molar-refractivity contribution in [2.45, 2.75) is 59.0 Å². The maximum Gasteiger partial charge on any atom is 0.119 e. The second-order valence-electron chi connectivity index (χ2n) is 6.48. The normalized spacial score (nSPS) is 30.6. The molecule has 1 saturated heterocycles. The first-order valence-electron chi connectivity index (χ1n) is 8.03. The van der Waals surface area contributed by atoms with Crippen molar-refractivity contribution in [1.29, 1.82) is 0 Å². The molecule has 0 radical (unpaired) electrons. The fourth-order valence-corrected chi connectivity index (χ4v) is 3.48. The summed E-state index contributed by atoms with van der Waals surface area (Å²) in [6.07, 6.45) is 0.809. The Morgan fingerprint density at radius 1 is 1.05 bits per heavy atom. The average Bonchev–Trinajstić information content (AvgIpc) is 2.67. The summed E-state index contributed by atoms with van der Waals surface area (Å²) in [5.41, 5.74) is 1.30. The Balaban J connectivity index is 2.17. The van der Waals surface area contributed by atoms with Gasteiger partial charge in [0.15, 0.2) is 0 Å². The van der Waals surface area contributed by atoms with E-state index in [9.17, 15) is 0 Å². The van der Waals surface area contributed by atoms with E-state index in [1.54, 1.807) is 0 Å². The minimum Gasteiger partial charge on any atom is -0.491 e. The molecule has 5 atom stereocenters. The van der Waals surface area contributed by atoms with Gasteiger partial charge >= 0.3 is 0 Å². The highest BCUT2D eigenvalue weighted by Crippen LogP contribution is 2.40. The van der Waals surface area contributed by atoms with Crippen molar-refractivity contribution in [3.8, 4) is 5.75 Å². The SMILES string of the molecule is CNC(c1ccc(OC(C)C)cc1)C1C(C)OC(C)C1C. The van der Waals surface area contributed by atoms with Crippen molar-refractivity contribution < 1.29 is 9.47 Å². The second kappa shape index (κ2) is 6.80. The Morgan fingerprint density at radius 3 is 2.10 bits per heavy atom. The van der Waals surface area contributed by atoms with E-state index in [2.05, 4.69) is 50.4 Å². The molecule has 5 unspecified atom stereocenters. The summed E-state index contributed by atoms with van der Waals surface area (Å²) >= 11 is 0. The first-order valence-corrected chi connectivity index (χ1v) is 8.03. The number of benzene rings is 1. The molecule has 0 bridgehead atoms. The third-order valence-corrected chi connectivity index (χ3v) is 4.63. The van der Waals surface area contributed by atoms with Crippen LogP contribution in [0, 0.1) is 11.8 Å². The lowest BCUT2D eigenvalue weighted by molar-refractivity contribution is 0.0478. The van der Waals surface area contributed by atoms with Crippen molar-refractivity contribution >= 4 is 0 Å². The Hall–Kier alpha value is -1.06. The van der Waals surface area contributed by atoms with Crippen LogP contribution in [0.3, 0.4) is 0 Å². The van der Waals surface area contributed by atoms with Crippen molar-refractivity contribution in [1.82, 2.24) is 5.32 Å². The monoisotopic (exact) mass is 291 g/mol. The van der Waals surface area contributed by atoms with E-state index in [4.69, 9.17) is 9.47 Å². The number of hydrogen-bond donors (Lipinski definition) is 1. The fourth-order valence-electron chi connectivity index (χ4n) is 3.48. The Labute approximate surface area is 129 Å². The van der Waals surface area contributed by atoms with Crippen molar-refractivity contribution in [3.63, 3.8) is 0 Å². The molecule has 3 heteroatoms. The second-order valence-corrected chi connectivity index (χ2v) is 6.48. The van der Waals surface area contributed by atoms with Crippen LogP contribution < -0.4 is 10.1 Å². The lowest BCUT2D eigenvalue weighted by atomic mass is 9.80. The zero-order valence-corrected chi connectivity index (χ0v) is 14.1. The lowest BCUT2D eigenvalue weighted by Crippen LogP contribution is -2.33. The van der Waals surface area contributed by atoms with Gasteiger partial charge < -0.3 is 14.8 Å². The van der Waals surface area contributed by atoms with Gasteiger partial charge in [0.05, 0.1) is 18.3 Å². The van der Waals surface area contributed by atoms with E-state index >= 15 is 0 Å². The van der Waals surface area contributed by atoms with E-state index in [1.807, 2.05) is 20.9 Å². The topological polar surface area (TPSA) is 30.5 Å². The van der Waals surface area contributed by atoms with Gasteiger partial charge in [-0.25, -0.2) is 0 Å². The number of ether oxygens (including phenoxy) is 2. The molecule has 0 spiro atoms. The van der Waals surface area contributed by atoms with Gasteiger partial charge in [0.25, 0.3) is 0 Å². The van der Waals surface area contributed by atoms with Crippen molar-refractivity contribution in [2.75, 3.05) is 7.05 Å². The molecule has 1 fully saturated rings. The Kier molecular flexibility index (Phi) is 5.28. The van der Waals surface area contributed by atoms with Gasteiger partial charge in [-0.05, 0) is 58.4 Å². The van der Waals surface area contributed by atoms with E-state index in [0.717, 1.165) is 5.75 Å². The van der Waals surface area contributed by atoms with Crippen LogP contribution in [0.4, 0.5) is 0 Å². The molecule has 1 aliphatic rings. The van der Waals surface area contributed by atoms with Gasteiger partial charge in [0.2, 0.25) is 0 Å². The molecule has 1 aliphatic heterocycles. The highest BCUT2D eigenvalue weighted by molar-refractivity contribution is 5.30. The van der Waals surface area contributed by atoms with Gasteiger partial charge in [-0.2, -0.15) is 0 Å². The van der Waals surface area contributed by atoms with Crippen LogP contribution >= 0.6 is 0 Å². The van der Waals surface area contributed by atoms with Crippen LogP contribution in [-0.2, 0) is 4.74 Å². The smallest absolute Gasteiger partial charge is 0.119 e. The summed E-state index contributed by atoms with van der Waals surface area (Å²) in [6.45, 7) is 10.7. The lowest BCUT2D eigenvalue weighted by Gasteiger charge is -2.29. The molecule has 118 valence electrons. The molecule has 2 rings (SSSR count). The van der Waals surface area contributed by atoms with Crippen LogP contribution in [0.2, 0.25) is 0 Å². The maximum absolute atomic E-state index is 6.00. The van der Waals surface area contributed by atoms with Gasteiger partial charge in [-0.15, -0.1) is 0 Å². The van der Waals surface area contributed by atoms with E-state index in [-0.39, 0.29) is 12.2 Å². The number of rotatable bonds is 5. The molecule has 21 heavy (non-hydrogen) atoms. The van der Waals surface area contributed by atoms with Gasteiger partial charge in [0, 0.05) is 12.0 Å².